The van der Waals surface area contributed by atoms with Crippen LogP contribution in [-0.2, 0) is 4.74 Å². The van der Waals surface area contributed by atoms with Crippen LogP contribution in [0.25, 0.3) is 0 Å². The molecule has 1 unspecified atom stereocenters. The van der Waals surface area contributed by atoms with Gasteiger partial charge >= 0.3 is 0 Å². The summed E-state index contributed by atoms with van der Waals surface area (Å²) in [6.07, 6.45) is -2.34. The molecule has 0 saturated heterocycles. The molecule has 0 aliphatic heterocycles. The van der Waals surface area contributed by atoms with E-state index in [-0.39, 0.29) is 18.5 Å². The molecule has 0 amide bonds. The minimum absolute atomic E-state index is 0.185. The molecule has 5 heteroatoms. The number of hydrogen-bond acceptors (Lipinski definition) is 2. The van der Waals surface area contributed by atoms with E-state index in [0.29, 0.717) is 6.61 Å². The highest BCUT2D eigenvalue weighted by molar-refractivity contribution is 6.18. The van der Waals surface area contributed by atoms with Gasteiger partial charge in [0.15, 0.2) is 0 Å². The monoisotopic (exact) mass is 187 g/mol. The predicted molar refractivity (Wildman–Crippen MR) is 40.4 cm³/mol. The highest BCUT2D eigenvalue weighted by Crippen LogP contribution is 1.93. The van der Waals surface area contributed by atoms with Gasteiger partial charge in [-0.3, -0.25) is 0 Å². The van der Waals surface area contributed by atoms with E-state index in [4.69, 9.17) is 16.3 Å². The topological polar surface area (TPSA) is 21.3 Å². The van der Waals surface area contributed by atoms with Crippen LogP contribution >= 0.6 is 11.6 Å². The summed E-state index contributed by atoms with van der Waals surface area (Å²) in [6, 6.07) is -0.185. The van der Waals surface area contributed by atoms with Gasteiger partial charge in [0.1, 0.15) is 0 Å². The Bertz CT molecular complexity index is 94.7. The summed E-state index contributed by atoms with van der Waals surface area (Å²) in [7, 11) is 1.50. The van der Waals surface area contributed by atoms with Crippen LogP contribution < -0.4 is 5.32 Å². The number of ether oxygens (including phenoxy) is 1. The first-order valence-corrected chi connectivity index (χ1v) is 3.80. The SMILES string of the molecule is COCC(CCl)NCC(F)F. The molecule has 1 atom stereocenters. The highest BCUT2D eigenvalue weighted by atomic mass is 35.5. The fraction of sp³-hybridized carbons (Fsp3) is 1.00. The van der Waals surface area contributed by atoms with Crippen LogP contribution in [0.5, 0.6) is 0 Å². The Morgan fingerprint density at radius 3 is 2.55 bits per heavy atom. The van der Waals surface area contributed by atoms with Gasteiger partial charge in [0.25, 0.3) is 6.43 Å². The Kier molecular flexibility index (Phi) is 6.80. The molecule has 0 heterocycles. The second-order valence-corrected chi connectivity index (χ2v) is 2.41. The molecule has 0 bridgehead atoms. The van der Waals surface area contributed by atoms with Crippen LogP contribution in [0.15, 0.2) is 0 Å². The van der Waals surface area contributed by atoms with Crippen molar-refractivity contribution in [3.8, 4) is 0 Å². The first-order valence-electron chi connectivity index (χ1n) is 3.27. The summed E-state index contributed by atoms with van der Waals surface area (Å²) in [4.78, 5) is 0. The molecule has 0 spiro atoms. The Morgan fingerprint density at radius 1 is 1.55 bits per heavy atom. The zero-order valence-electron chi connectivity index (χ0n) is 6.32. The lowest BCUT2D eigenvalue weighted by Crippen LogP contribution is -2.37. The van der Waals surface area contributed by atoms with Crippen LogP contribution in [-0.4, -0.2) is 38.6 Å². The molecule has 1 N–H and O–H groups in total. The highest BCUT2D eigenvalue weighted by Gasteiger charge is 2.08. The van der Waals surface area contributed by atoms with Crippen molar-refractivity contribution in [3.63, 3.8) is 0 Å². The first-order chi connectivity index (χ1) is 5.20. The van der Waals surface area contributed by atoms with Crippen LogP contribution in [0, 0.1) is 0 Å². The van der Waals surface area contributed by atoms with Crippen molar-refractivity contribution < 1.29 is 13.5 Å². The van der Waals surface area contributed by atoms with Crippen molar-refractivity contribution in [1.82, 2.24) is 5.32 Å². The van der Waals surface area contributed by atoms with Crippen molar-refractivity contribution >= 4 is 11.6 Å². The molecular weight excluding hydrogens is 176 g/mol. The normalized spacial score (nSPS) is 13.9. The van der Waals surface area contributed by atoms with Crippen molar-refractivity contribution in [2.45, 2.75) is 12.5 Å². The lowest BCUT2D eigenvalue weighted by molar-refractivity contribution is 0.126. The minimum Gasteiger partial charge on any atom is -0.383 e. The van der Waals surface area contributed by atoms with Crippen molar-refractivity contribution in [2.24, 2.45) is 0 Å². The smallest absolute Gasteiger partial charge is 0.250 e. The molecule has 0 aromatic rings. The molecule has 11 heavy (non-hydrogen) atoms. The van der Waals surface area contributed by atoms with Gasteiger partial charge in [0.05, 0.1) is 13.2 Å². The second-order valence-electron chi connectivity index (χ2n) is 2.11. The minimum atomic E-state index is -2.34. The molecule has 0 fully saturated rings. The Morgan fingerprint density at radius 2 is 2.18 bits per heavy atom. The zero-order chi connectivity index (χ0) is 8.69. The van der Waals surface area contributed by atoms with E-state index in [1.54, 1.807) is 0 Å². The van der Waals surface area contributed by atoms with Gasteiger partial charge in [-0.25, -0.2) is 8.78 Å². The van der Waals surface area contributed by atoms with Gasteiger partial charge in [-0.1, -0.05) is 0 Å². The summed E-state index contributed by atoms with van der Waals surface area (Å²) >= 11 is 5.44. The third-order valence-corrected chi connectivity index (χ3v) is 1.49. The van der Waals surface area contributed by atoms with E-state index >= 15 is 0 Å². The maximum Gasteiger partial charge on any atom is 0.250 e. The third kappa shape index (κ3) is 6.47. The molecular formula is C6H12ClF2NO. The number of halogens is 3. The van der Waals surface area contributed by atoms with E-state index in [2.05, 4.69) is 5.32 Å². The molecule has 0 aromatic heterocycles. The number of alkyl halides is 3. The maximum absolute atomic E-state index is 11.6. The van der Waals surface area contributed by atoms with E-state index in [1.165, 1.54) is 7.11 Å². The number of methoxy groups -OCH3 is 1. The van der Waals surface area contributed by atoms with Crippen molar-refractivity contribution in [3.05, 3.63) is 0 Å². The van der Waals surface area contributed by atoms with Crippen LogP contribution in [0.4, 0.5) is 8.78 Å². The van der Waals surface area contributed by atoms with E-state index in [9.17, 15) is 8.78 Å². The average molecular weight is 188 g/mol. The first kappa shape index (κ1) is 11.1. The maximum atomic E-state index is 11.6. The average Bonchev–Trinajstić information content (AvgIpc) is 1.97. The molecule has 0 saturated carbocycles. The Hall–Kier alpha value is 0.0700. The van der Waals surface area contributed by atoms with Gasteiger partial charge in [-0.15, -0.1) is 11.6 Å². The fourth-order valence-corrected chi connectivity index (χ4v) is 0.813. The Labute approximate surface area is 69.9 Å². The zero-order valence-corrected chi connectivity index (χ0v) is 7.07. The van der Waals surface area contributed by atoms with Crippen LogP contribution in [0.3, 0.4) is 0 Å². The third-order valence-electron chi connectivity index (χ3n) is 1.11. The predicted octanol–water partition coefficient (Wildman–Crippen LogP) is 1.09. The van der Waals surface area contributed by atoms with Gasteiger partial charge in [-0.05, 0) is 0 Å². The quantitative estimate of drug-likeness (QED) is 0.629. The molecule has 2 nitrogen and oxygen atoms in total. The lowest BCUT2D eigenvalue weighted by Gasteiger charge is -2.13. The molecule has 0 rings (SSSR count). The summed E-state index contributed by atoms with van der Waals surface area (Å²) in [5, 5.41) is 2.56. The van der Waals surface area contributed by atoms with Gasteiger partial charge in [0, 0.05) is 19.0 Å². The summed E-state index contributed by atoms with van der Waals surface area (Å²) < 4.78 is 28.0. The molecule has 68 valence electrons. The molecule has 0 aromatic carbocycles. The summed E-state index contributed by atoms with van der Waals surface area (Å²) in [6.45, 7) is 0.0248. The summed E-state index contributed by atoms with van der Waals surface area (Å²) in [5.74, 6) is 0.278. The molecule has 0 radical (unpaired) electrons. The van der Waals surface area contributed by atoms with E-state index < -0.39 is 6.43 Å². The number of nitrogens with one attached hydrogen (secondary N) is 1. The number of rotatable bonds is 6. The van der Waals surface area contributed by atoms with Crippen LogP contribution in [0.2, 0.25) is 0 Å². The Balaban J connectivity index is 3.35. The fourth-order valence-electron chi connectivity index (χ4n) is 0.615. The van der Waals surface area contributed by atoms with Crippen LogP contribution in [0.1, 0.15) is 0 Å². The summed E-state index contributed by atoms with van der Waals surface area (Å²) in [5.41, 5.74) is 0. The standard InChI is InChI=1S/C6H12ClF2NO/c1-11-4-5(2-7)10-3-6(8)9/h5-6,10H,2-4H2,1H3. The number of hydrogen-bond donors (Lipinski definition) is 1. The largest absolute Gasteiger partial charge is 0.383 e. The van der Waals surface area contributed by atoms with Crippen molar-refractivity contribution in [1.29, 1.82) is 0 Å². The molecule has 0 aliphatic rings. The van der Waals surface area contributed by atoms with E-state index in [0.717, 1.165) is 0 Å². The van der Waals surface area contributed by atoms with Gasteiger partial charge in [0.2, 0.25) is 0 Å². The van der Waals surface area contributed by atoms with Gasteiger partial charge in [-0.2, -0.15) is 0 Å². The van der Waals surface area contributed by atoms with Gasteiger partial charge < -0.3 is 10.1 Å². The van der Waals surface area contributed by atoms with Crippen molar-refractivity contribution in [2.75, 3.05) is 26.1 Å². The molecule has 0 aliphatic carbocycles. The second kappa shape index (κ2) is 6.76. The van der Waals surface area contributed by atoms with E-state index in [1.807, 2.05) is 0 Å². The lowest BCUT2D eigenvalue weighted by atomic mass is 10.3.